The summed E-state index contributed by atoms with van der Waals surface area (Å²) < 4.78 is 23.0. The number of carbonyl (C=O) groups excluding carboxylic acids is 3. The highest BCUT2D eigenvalue weighted by molar-refractivity contribution is 5.84. The molecule has 3 amide bonds. The van der Waals surface area contributed by atoms with Crippen LogP contribution in [-0.4, -0.2) is 129 Å². The Kier molecular flexibility index (Phi) is 15.4. The summed E-state index contributed by atoms with van der Waals surface area (Å²) in [6.45, 7) is 15.5. The highest BCUT2D eigenvalue weighted by Crippen LogP contribution is 2.47. The minimum absolute atomic E-state index is 0.0479. The summed E-state index contributed by atoms with van der Waals surface area (Å²) in [7, 11) is 4.94. The summed E-state index contributed by atoms with van der Waals surface area (Å²) in [4.78, 5) is 41.9. The Labute approximate surface area is 287 Å². The number of nitrogens with one attached hydrogen (secondary N) is 2. The molecule has 0 spiro atoms. The minimum Gasteiger partial charge on any atom is -0.467 e. The lowest BCUT2D eigenvalue weighted by Crippen LogP contribution is -2.51. The highest BCUT2D eigenvalue weighted by atomic mass is 16.6. The first-order valence-corrected chi connectivity index (χ1v) is 17.7. The predicted molar refractivity (Wildman–Crippen MR) is 184 cm³/mol. The molecule has 0 aliphatic carbocycles. The Balaban J connectivity index is 1.47. The number of piperazine rings is 1. The molecule has 0 unspecified atom stereocenters. The van der Waals surface area contributed by atoms with Crippen molar-refractivity contribution >= 4 is 17.9 Å². The molecule has 10 atom stereocenters. The molecule has 12 heteroatoms. The molecule has 3 fully saturated rings. The Morgan fingerprint density at radius 2 is 1.79 bits per heavy atom. The number of likely N-dealkylation sites (N-methyl/N-ethyl adjacent to an activating group) is 1. The number of carbonyl (C=O) groups is 3. The van der Waals surface area contributed by atoms with Crippen LogP contribution in [0.5, 0.6) is 0 Å². The maximum absolute atomic E-state index is 13.0. The molecule has 0 aromatic rings. The third-order valence-corrected chi connectivity index (χ3v) is 10.2. The van der Waals surface area contributed by atoms with E-state index >= 15 is 0 Å². The number of urea groups is 1. The second kappa shape index (κ2) is 18.5. The first kappa shape index (κ1) is 39.9. The number of ether oxygens (including phenoxy) is 4. The molecule has 0 bridgehead atoms. The first-order chi connectivity index (χ1) is 22.7. The summed E-state index contributed by atoms with van der Waals surface area (Å²) in [5, 5.41) is 15.7. The smallest absolute Gasteiger partial charge is 0.328 e. The van der Waals surface area contributed by atoms with Gasteiger partial charge >= 0.3 is 12.0 Å². The van der Waals surface area contributed by atoms with Crippen LogP contribution in [0.3, 0.4) is 0 Å². The fourth-order valence-corrected chi connectivity index (χ4v) is 7.32. The van der Waals surface area contributed by atoms with Crippen LogP contribution in [0.25, 0.3) is 0 Å². The molecule has 0 aromatic heterocycles. The molecule has 0 aromatic carbocycles. The van der Waals surface area contributed by atoms with Gasteiger partial charge < -0.3 is 44.5 Å². The second-order valence-electron chi connectivity index (χ2n) is 14.5. The molecule has 3 rings (SSSR count). The molecule has 3 N–H and O–H groups in total. The van der Waals surface area contributed by atoms with Gasteiger partial charge in [-0.3, -0.25) is 4.79 Å². The van der Waals surface area contributed by atoms with Crippen molar-refractivity contribution in [3.63, 3.8) is 0 Å². The van der Waals surface area contributed by atoms with Crippen LogP contribution >= 0.6 is 0 Å². The molecule has 3 heterocycles. The third-order valence-electron chi connectivity index (χ3n) is 10.2. The zero-order valence-corrected chi connectivity index (χ0v) is 30.7. The molecule has 0 radical (unpaired) electrons. The number of hydrogen-bond acceptors (Lipinski definition) is 9. The van der Waals surface area contributed by atoms with Gasteiger partial charge in [-0.05, 0) is 70.9 Å². The van der Waals surface area contributed by atoms with E-state index in [0.717, 1.165) is 37.9 Å². The van der Waals surface area contributed by atoms with Crippen molar-refractivity contribution in [2.45, 2.75) is 116 Å². The van der Waals surface area contributed by atoms with E-state index in [1.165, 1.54) is 7.11 Å². The lowest BCUT2D eigenvalue weighted by atomic mass is 9.85. The number of allylic oxidation sites excluding steroid dienone is 3. The fourth-order valence-electron chi connectivity index (χ4n) is 7.32. The van der Waals surface area contributed by atoms with Gasteiger partial charge in [0.25, 0.3) is 0 Å². The molecule has 0 saturated carbocycles. The molecule has 3 aliphatic rings. The number of amides is 3. The summed E-state index contributed by atoms with van der Waals surface area (Å²) in [6, 6.07) is -1.02. The monoisotopic (exact) mass is 678 g/mol. The predicted octanol–water partition coefficient (Wildman–Crippen LogP) is 3.28. The Hall–Kier alpha value is -2.51. The minimum atomic E-state index is -0.858. The number of esters is 1. The van der Waals surface area contributed by atoms with Crippen molar-refractivity contribution in [2.75, 3.05) is 54.0 Å². The first-order valence-electron chi connectivity index (χ1n) is 17.7. The van der Waals surface area contributed by atoms with Gasteiger partial charge in [0.1, 0.15) is 6.04 Å². The number of aliphatic hydroxyl groups excluding tert-OH is 1. The number of methoxy groups -OCH3 is 2. The quantitative estimate of drug-likeness (QED) is 0.127. The number of rotatable bonds is 16. The van der Waals surface area contributed by atoms with Crippen LogP contribution in [0.1, 0.15) is 73.6 Å². The van der Waals surface area contributed by atoms with Crippen LogP contribution in [0, 0.1) is 17.8 Å². The number of epoxide rings is 1. The van der Waals surface area contributed by atoms with Gasteiger partial charge in [0, 0.05) is 45.8 Å². The molecule has 3 aliphatic heterocycles. The van der Waals surface area contributed by atoms with Crippen LogP contribution in [-0.2, 0) is 28.5 Å². The van der Waals surface area contributed by atoms with E-state index < -0.39 is 18.1 Å². The van der Waals surface area contributed by atoms with Crippen molar-refractivity contribution in [2.24, 2.45) is 17.8 Å². The van der Waals surface area contributed by atoms with Gasteiger partial charge in [-0.15, -0.1) is 0 Å². The van der Waals surface area contributed by atoms with E-state index in [1.54, 1.807) is 18.9 Å². The number of aliphatic hydroxyl groups is 1. The molecule has 3 saturated heterocycles. The SMILES string of the molecule is COC(=O)[C@H](CCNC(=O)N1CCN(C)CC1)NC(=O)C[C@H]1CC[C@H](C)[C@@H](/C(C)=C/C=C/[C@@H](C)C[C@@]2(C)O[C@@H]2[C@H](C)[C@@H](OC)[C@@H](C)O)O1. The van der Waals surface area contributed by atoms with E-state index in [4.69, 9.17) is 18.9 Å². The second-order valence-corrected chi connectivity index (χ2v) is 14.5. The van der Waals surface area contributed by atoms with Crippen molar-refractivity contribution < 1.29 is 38.4 Å². The Bertz CT molecular complexity index is 1120. The normalized spacial score (nSPS) is 29.9. The van der Waals surface area contributed by atoms with Crippen LogP contribution in [0.4, 0.5) is 4.79 Å². The van der Waals surface area contributed by atoms with Gasteiger partial charge in [-0.2, -0.15) is 0 Å². The van der Waals surface area contributed by atoms with Crippen LogP contribution in [0.2, 0.25) is 0 Å². The van der Waals surface area contributed by atoms with E-state index in [9.17, 15) is 19.5 Å². The van der Waals surface area contributed by atoms with E-state index in [0.29, 0.717) is 19.0 Å². The average molecular weight is 679 g/mol. The third kappa shape index (κ3) is 11.5. The lowest BCUT2D eigenvalue weighted by Gasteiger charge is -2.35. The van der Waals surface area contributed by atoms with Crippen molar-refractivity contribution in [3.05, 3.63) is 23.8 Å². The largest absolute Gasteiger partial charge is 0.467 e. The zero-order valence-electron chi connectivity index (χ0n) is 30.7. The van der Waals surface area contributed by atoms with Crippen LogP contribution < -0.4 is 10.6 Å². The Morgan fingerprint density at radius 1 is 1.10 bits per heavy atom. The van der Waals surface area contributed by atoms with Crippen LogP contribution in [0.15, 0.2) is 23.8 Å². The molecular weight excluding hydrogens is 616 g/mol. The summed E-state index contributed by atoms with van der Waals surface area (Å²) in [6.07, 6.45) is 8.12. The standard InChI is InChI=1S/C36H62N4O8/c1-23(22-36(6)33(48-36)26(4)32(45-8)27(5)41)11-10-12-24(2)31-25(3)13-14-28(47-31)21-30(42)38-29(34(43)46-9)15-16-37-35(44)40-19-17-39(7)18-20-40/h10-12,23,25-29,31-33,41H,13-22H2,1-9H3,(H,37,44)(H,38,42)/b11-10+,24-12+/t23-,25+,26-,27-,28-,29+,31-,32-,33-,36-/m1/s1. The van der Waals surface area contributed by atoms with E-state index in [-0.39, 0.29) is 73.2 Å². The number of nitrogens with zero attached hydrogens (tertiary/aromatic N) is 2. The highest BCUT2D eigenvalue weighted by Gasteiger charge is 2.56. The van der Waals surface area contributed by atoms with Gasteiger partial charge in [-0.1, -0.05) is 39.0 Å². The fraction of sp³-hybridized carbons (Fsp3) is 0.806. The average Bonchev–Trinajstić information content (AvgIpc) is 3.71. The molecular formula is C36H62N4O8. The number of hydrogen-bond donors (Lipinski definition) is 3. The van der Waals surface area contributed by atoms with E-state index in [1.807, 2.05) is 7.05 Å². The van der Waals surface area contributed by atoms with E-state index in [2.05, 4.69) is 68.4 Å². The molecule has 274 valence electrons. The van der Waals surface area contributed by atoms with Crippen molar-refractivity contribution in [3.8, 4) is 0 Å². The zero-order chi connectivity index (χ0) is 35.6. The lowest BCUT2D eigenvalue weighted by molar-refractivity contribution is -0.146. The maximum atomic E-state index is 13.0. The van der Waals surface area contributed by atoms with Gasteiger partial charge in [0.2, 0.25) is 5.91 Å². The maximum Gasteiger partial charge on any atom is 0.328 e. The summed E-state index contributed by atoms with van der Waals surface area (Å²) >= 11 is 0. The molecule has 48 heavy (non-hydrogen) atoms. The van der Waals surface area contributed by atoms with Gasteiger partial charge in [-0.25, -0.2) is 9.59 Å². The van der Waals surface area contributed by atoms with Gasteiger partial charge in [0.15, 0.2) is 0 Å². The Morgan fingerprint density at radius 3 is 2.42 bits per heavy atom. The summed E-state index contributed by atoms with van der Waals surface area (Å²) in [5.41, 5.74) is 0.855. The van der Waals surface area contributed by atoms with Crippen molar-refractivity contribution in [1.29, 1.82) is 0 Å². The summed E-state index contributed by atoms with van der Waals surface area (Å²) in [5.74, 6) is -0.142. The molecule has 12 nitrogen and oxygen atoms in total. The topological polar surface area (TPSA) is 142 Å². The van der Waals surface area contributed by atoms with Gasteiger partial charge in [0.05, 0.1) is 49.7 Å². The van der Waals surface area contributed by atoms with Crippen molar-refractivity contribution in [1.82, 2.24) is 20.4 Å².